The molecule has 2 amide bonds. The summed E-state index contributed by atoms with van der Waals surface area (Å²) < 4.78 is 5.33. The monoisotopic (exact) mass is 364 g/mol. The number of hydrazone groups is 1. The molecular weight excluding hydrogens is 344 g/mol. The summed E-state index contributed by atoms with van der Waals surface area (Å²) in [6, 6.07) is 15.8. The van der Waals surface area contributed by atoms with E-state index in [4.69, 9.17) is 10.00 Å². The van der Waals surface area contributed by atoms with Crippen molar-refractivity contribution < 1.29 is 14.3 Å². The Hall–Kier alpha value is -3.66. The first kappa shape index (κ1) is 19.7. The Bertz CT molecular complexity index is 837. The summed E-state index contributed by atoms with van der Waals surface area (Å²) in [6.45, 7) is 2.48. The zero-order valence-corrected chi connectivity index (χ0v) is 14.9. The number of ether oxygens (including phenoxy) is 1. The lowest BCUT2D eigenvalue weighted by atomic mass is 10.2. The number of hydrogen-bond donors (Lipinski definition) is 2. The lowest BCUT2D eigenvalue weighted by Crippen LogP contribution is -2.20. The third-order valence-electron chi connectivity index (χ3n) is 3.47. The van der Waals surface area contributed by atoms with Gasteiger partial charge in [-0.2, -0.15) is 10.4 Å². The zero-order valence-electron chi connectivity index (χ0n) is 14.9. The van der Waals surface area contributed by atoms with Crippen molar-refractivity contribution in [3.05, 3.63) is 59.7 Å². The van der Waals surface area contributed by atoms with Crippen molar-refractivity contribution in [2.75, 3.05) is 11.9 Å². The molecule has 0 aliphatic rings. The molecule has 0 bridgehead atoms. The Morgan fingerprint density at radius 2 is 1.74 bits per heavy atom. The second-order valence-corrected chi connectivity index (χ2v) is 5.53. The van der Waals surface area contributed by atoms with Crippen LogP contribution in [0.25, 0.3) is 0 Å². The van der Waals surface area contributed by atoms with E-state index in [1.165, 1.54) is 6.21 Å². The molecule has 0 atom stereocenters. The minimum atomic E-state index is -0.360. The van der Waals surface area contributed by atoms with Crippen LogP contribution in [-0.4, -0.2) is 24.6 Å². The molecule has 0 heterocycles. The fourth-order valence-corrected chi connectivity index (χ4v) is 2.13. The van der Waals surface area contributed by atoms with Crippen LogP contribution in [0.4, 0.5) is 5.69 Å². The highest BCUT2D eigenvalue weighted by Gasteiger charge is 2.07. The molecule has 7 nitrogen and oxygen atoms in total. The van der Waals surface area contributed by atoms with E-state index in [2.05, 4.69) is 15.8 Å². The smallest absolute Gasteiger partial charge is 0.240 e. The van der Waals surface area contributed by atoms with E-state index >= 15 is 0 Å². The number of nitriles is 1. The summed E-state index contributed by atoms with van der Waals surface area (Å²) in [5.41, 5.74) is 4.31. The Kier molecular flexibility index (Phi) is 7.54. The number of carbonyl (C=O) groups is 2. The summed E-state index contributed by atoms with van der Waals surface area (Å²) in [5, 5.41) is 15.3. The van der Waals surface area contributed by atoms with Crippen molar-refractivity contribution in [1.29, 1.82) is 5.26 Å². The maximum Gasteiger partial charge on any atom is 0.240 e. The predicted molar refractivity (Wildman–Crippen MR) is 102 cm³/mol. The van der Waals surface area contributed by atoms with E-state index in [0.29, 0.717) is 17.9 Å². The van der Waals surface area contributed by atoms with Crippen molar-refractivity contribution in [1.82, 2.24) is 5.43 Å². The second kappa shape index (κ2) is 10.4. The average molecular weight is 364 g/mol. The van der Waals surface area contributed by atoms with Crippen LogP contribution in [0.1, 0.15) is 30.9 Å². The first-order valence-electron chi connectivity index (χ1n) is 8.45. The van der Waals surface area contributed by atoms with Gasteiger partial charge in [-0.25, -0.2) is 5.43 Å². The quantitative estimate of drug-likeness (QED) is 0.555. The Labute approximate surface area is 157 Å². The number of benzene rings is 2. The van der Waals surface area contributed by atoms with Crippen LogP contribution in [0.15, 0.2) is 53.6 Å². The fraction of sp³-hybridized carbons (Fsp3) is 0.200. The average Bonchev–Trinajstić information content (AvgIpc) is 2.69. The summed E-state index contributed by atoms with van der Waals surface area (Å²) in [7, 11) is 0. The molecule has 2 aromatic rings. The number of nitrogens with zero attached hydrogens (tertiary/aromatic N) is 2. The van der Waals surface area contributed by atoms with Gasteiger partial charge in [-0.1, -0.05) is 12.1 Å². The lowest BCUT2D eigenvalue weighted by molar-refractivity contribution is -0.124. The molecule has 0 saturated carbocycles. The number of nitrogens with one attached hydrogen (secondary N) is 2. The van der Waals surface area contributed by atoms with E-state index in [1.54, 1.807) is 48.5 Å². The van der Waals surface area contributed by atoms with Gasteiger partial charge in [0.1, 0.15) is 5.75 Å². The largest absolute Gasteiger partial charge is 0.494 e. The predicted octanol–water partition coefficient (Wildman–Crippen LogP) is 2.83. The van der Waals surface area contributed by atoms with E-state index in [9.17, 15) is 9.59 Å². The molecule has 2 aromatic carbocycles. The number of hydrogen-bond acceptors (Lipinski definition) is 5. The van der Waals surface area contributed by atoms with Crippen LogP contribution in [0.5, 0.6) is 5.75 Å². The number of anilines is 1. The minimum absolute atomic E-state index is 0.0214. The number of amides is 2. The molecule has 2 N–H and O–H groups in total. The molecule has 0 aliphatic heterocycles. The molecule has 0 unspecified atom stereocenters. The van der Waals surface area contributed by atoms with Gasteiger partial charge in [0.2, 0.25) is 11.8 Å². The van der Waals surface area contributed by atoms with Crippen molar-refractivity contribution in [2.45, 2.75) is 19.8 Å². The summed E-state index contributed by atoms with van der Waals surface area (Å²) in [4.78, 5) is 23.6. The minimum Gasteiger partial charge on any atom is -0.494 e. The van der Waals surface area contributed by atoms with Crippen LogP contribution in [0.2, 0.25) is 0 Å². The first-order valence-corrected chi connectivity index (χ1v) is 8.45. The Morgan fingerprint density at radius 3 is 2.37 bits per heavy atom. The molecule has 0 aromatic heterocycles. The Morgan fingerprint density at radius 1 is 1.07 bits per heavy atom. The van der Waals surface area contributed by atoms with Crippen molar-refractivity contribution in [3.63, 3.8) is 0 Å². The van der Waals surface area contributed by atoms with E-state index in [0.717, 1.165) is 11.3 Å². The van der Waals surface area contributed by atoms with Gasteiger partial charge in [-0.3, -0.25) is 9.59 Å². The van der Waals surface area contributed by atoms with E-state index in [1.807, 2.05) is 13.0 Å². The highest BCUT2D eigenvalue weighted by molar-refractivity contribution is 5.93. The van der Waals surface area contributed by atoms with E-state index < -0.39 is 0 Å². The highest BCUT2D eigenvalue weighted by atomic mass is 16.5. The van der Waals surface area contributed by atoms with Crippen LogP contribution < -0.4 is 15.5 Å². The van der Waals surface area contributed by atoms with Crippen molar-refractivity contribution >= 4 is 23.7 Å². The fourth-order valence-electron chi connectivity index (χ4n) is 2.13. The standard InChI is InChI=1S/C20H20N4O3/c1-2-27-18-9-7-17(8-10-18)23-19(25)11-12-20(26)24-22-14-16-5-3-15(13-21)4-6-16/h3-10,14H,2,11-12H2,1H3,(H,23,25)(H,24,26)/b22-14+. The van der Waals surface area contributed by atoms with Gasteiger partial charge in [0.15, 0.2) is 0 Å². The highest BCUT2D eigenvalue weighted by Crippen LogP contribution is 2.15. The van der Waals surface area contributed by atoms with Crippen molar-refractivity contribution in [3.8, 4) is 11.8 Å². The van der Waals surface area contributed by atoms with Crippen LogP contribution in [0.3, 0.4) is 0 Å². The molecule has 0 fully saturated rings. The van der Waals surface area contributed by atoms with Crippen LogP contribution >= 0.6 is 0 Å². The maximum atomic E-state index is 11.9. The molecule has 2 rings (SSSR count). The molecule has 0 aliphatic carbocycles. The Balaban J connectivity index is 1.71. The van der Waals surface area contributed by atoms with Gasteiger partial charge < -0.3 is 10.1 Å². The van der Waals surface area contributed by atoms with Crippen molar-refractivity contribution in [2.24, 2.45) is 5.10 Å². The molecule has 138 valence electrons. The van der Waals surface area contributed by atoms with Gasteiger partial charge in [0, 0.05) is 18.5 Å². The van der Waals surface area contributed by atoms with Gasteiger partial charge in [-0.15, -0.1) is 0 Å². The SMILES string of the molecule is CCOc1ccc(NC(=O)CCC(=O)N/N=C/c2ccc(C#N)cc2)cc1. The second-order valence-electron chi connectivity index (χ2n) is 5.53. The van der Waals surface area contributed by atoms with E-state index in [-0.39, 0.29) is 24.7 Å². The summed E-state index contributed by atoms with van der Waals surface area (Å²) >= 11 is 0. The van der Waals surface area contributed by atoms with Gasteiger partial charge >= 0.3 is 0 Å². The number of carbonyl (C=O) groups excluding carboxylic acids is 2. The molecule has 0 radical (unpaired) electrons. The maximum absolute atomic E-state index is 11.9. The third-order valence-corrected chi connectivity index (χ3v) is 3.47. The molecular formula is C20H20N4O3. The third kappa shape index (κ3) is 7.00. The molecule has 7 heteroatoms. The van der Waals surface area contributed by atoms with Crippen LogP contribution in [-0.2, 0) is 9.59 Å². The topological polar surface area (TPSA) is 104 Å². The molecule has 27 heavy (non-hydrogen) atoms. The van der Waals surface area contributed by atoms with Gasteiger partial charge in [0.25, 0.3) is 0 Å². The molecule has 0 spiro atoms. The van der Waals surface area contributed by atoms with Gasteiger partial charge in [0.05, 0.1) is 24.5 Å². The lowest BCUT2D eigenvalue weighted by Gasteiger charge is -2.07. The zero-order chi connectivity index (χ0) is 19.5. The normalized spacial score (nSPS) is 10.2. The first-order chi connectivity index (χ1) is 13.1. The van der Waals surface area contributed by atoms with Crippen LogP contribution in [0, 0.1) is 11.3 Å². The summed E-state index contributed by atoms with van der Waals surface area (Å²) in [5.74, 6) is 0.113. The molecule has 0 saturated heterocycles. The summed E-state index contributed by atoms with van der Waals surface area (Å²) in [6.07, 6.45) is 1.54. The van der Waals surface area contributed by atoms with Gasteiger partial charge in [-0.05, 0) is 48.9 Å². The number of rotatable bonds is 8.